The van der Waals surface area contributed by atoms with Crippen molar-refractivity contribution in [3.63, 3.8) is 0 Å². The maximum atomic E-state index is 12.3. The predicted octanol–water partition coefficient (Wildman–Crippen LogP) is 3.34. The highest BCUT2D eigenvalue weighted by atomic mass is 16.6. The average molecular weight is 403 g/mol. The number of anilines is 1. The van der Waals surface area contributed by atoms with Gasteiger partial charge >= 0.3 is 11.9 Å². The number of aromatic nitrogens is 1. The molecule has 1 aliphatic rings. The number of hydrogen-bond acceptors (Lipinski definition) is 7. The number of pyridine rings is 1. The zero-order valence-electron chi connectivity index (χ0n) is 17.9. The summed E-state index contributed by atoms with van der Waals surface area (Å²) in [6, 6.07) is 2.14. The zero-order valence-corrected chi connectivity index (χ0v) is 17.9. The van der Waals surface area contributed by atoms with E-state index in [0.717, 1.165) is 0 Å². The second-order valence-electron chi connectivity index (χ2n) is 8.47. The van der Waals surface area contributed by atoms with Crippen LogP contribution in [0.25, 0.3) is 0 Å². The summed E-state index contributed by atoms with van der Waals surface area (Å²) in [5.74, 6) is -1.41. The first-order valence-corrected chi connectivity index (χ1v) is 9.73. The van der Waals surface area contributed by atoms with Crippen LogP contribution in [0.1, 0.15) is 74.9 Å². The number of carboxylic acid groups (broad SMARTS) is 1. The van der Waals surface area contributed by atoms with Crippen molar-refractivity contribution in [3.8, 4) is 11.9 Å². The standard InChI is InChI=1S/C21H29N3O5/c1-12(2)15-14(11-22)17(23-18(28-6)16(15)19(25)26)24-9-7-13(8-10-24)20(27)29-21(3,4)5/h12-13H,7-10H2,1-6H3,(H,25,26). The van der Waals surface area contributed by atoms with Crippen LogP contribution < -0.4 is 9.64 Å². The molecule has 1 aromatic heterocycles. The quantitative estimate of drug-likeness (QED) is 0.745. The number of hydrogen-bond donors (Lipinski definition) is 1. The number of methoxy groups -OCH3 is 1. The number of aromatic carboxylic acids is 1. The third kappa shape index (κ3) is 4.97. The maximum absolute atomic E-state index is 12.3. The molecule has 0 aliphatic carbocycles. The molecule has 1 N–H and O–H groups in total. The van der Waals surface area contributed by atoms with Gasteiger partial charge in [0.15, 0.2) is 5.82 Å². The molecule has 2 heterocycles. The van der Waals surface area contributed by atoms with Crippen LogP contribution in [0.4, 0.5) is 5.82 Å². The van der Waals surface area contributed by atoms with Gasteiger partial charge in [0.2, 0.25) is 5.88 Å². The third-order valence-electron chi connectivity index (χ3n) is 4.81. The Labute approximate surface area is 171 Å². The Balaban J connectivity index is 2.37. The van der Waals surface area contributed by atoms with E-state index in [4.69, 9.17) is 9.47 Å². The van der Waals surface area contributed by atoms with Crippen molar-refractivity contribution < 1.29 is 24.2 Å². The molecule has 0 aromatic carbocycles. The van der Waals surface area contributed by atoms with Gasteiger partial charge in [0.05, 0.1) is 18.6 Å². The SMILES string of the molecule is COc1nc(N2CCC(C(=O)OC(C)(C)C)CC2)c(C#N)c(C(C)C)c1C(=O)O. The van der Waals surface area contributed by atoms with Crippen LogP contribution in [0, 0.1) is 17.2 Å². The highest BCUT2D eigenvalue weighted by molar-refractivity contribution is 5.94. The van der Waals surface area contributed by atoms with Gasteiger partial charge in [-0.1, -0.05) is 13.8 Å². The van der Waals surface area contributed by atoms with Gasteiger partial charge in [0.1, 0.15) is 17.2 Å². The number of nitrogens with zero attached hydrogens (tertiary/aromatic N) is 3. The lowest BCUT2D eigenvalue weighted by Gasteiger charge is -2.34. The van der Waals surface area contributed by atoms with E-state index in [1.54, 1.807) is 0 Å². The molecule has 29 heavy (non-hydrogen) atoms. The van der Waals surface area contributed by atoms with E-state index in [1.807, 2.05) is 39.5 Å². The summed E-state index contributed by atoms with van der Waals surface area (Å²) >= 11 is 0. The molecule has 1 saturated heterocycles. The second kappa shape index (κ2) is 8.68. The Bertz CT molecular complexity index is 828. The molecular weight excluding hydrogens is 374 g/mol. The van der Waals surface area contributed by atoms with Crippen LogP contribution in [-0.2, 0) is 9.53 Å². The first-order chi connectivity index (χ1) is 13.5. The van der Waals surface area contributed by atoms with Gasteiger partial charge in [0.25, 0.3) is 0 Å². The smallest absolute Gasteiger partial charge is 0.341 e. The molecule has 0 spiro atoms. The Morgan fingerprint density at radius 3 is 2.28 bits per heavy atom. The normalized spacial score (nSPS) is 15.2. The lowest BCUT2D eigenvalue weighted by atomic mass is 9.92. The lowest BCUT2D eigenvalue weighted by Crippen LogP contribution is -2.39. The van der Waals surface area contributed by atoms with Crippen molar-refractivity contribution in [2.45, 2.75) is 59.0 Å². The largest absolute Gasteiger partial charge is 0.480 e. The second-order valence-corrected chi connectivity index (χ2v) is 8.47. The van der Waals surface area contributed by atoms with E-state index in [9.17, 15) is 20.0 Å². The first-order valence-electron chi connectivity index (χ1n) is 9.73. The summed E-state index contributed by atoms with van der Waals surface area (Å²) in [5, 5.41) is 19.4. The van der Waals surface area contributed by atoms with Crippen LogP contribution in [0.5, 0.6) is 5.88 Å². The number of carboxylic acids is 1. The molecule has 8 heteroatoms. The Hall–Kier alpha value is -2.82. The van der Waals surface area contributed by atoms with Crippen LogP contribution in [-0.4, -0.2) is 47.8 Å². The first kappa shape index (κ1) is 22.5. The third-order valence-corrected chi connectivity index (χ3v) is 4.81. The van der Waals surface area contributed by atoms with Gasteiger partial charge in [-0.15, -0.1) is 0 Å². The molecule has 0 amide bonds. The minimum Gasteiger partial charge on any atom is -0.480 e. The molecule has 1 aliphatic heterocycles. The number of carbonyl (C=O) groups excluding carboxylic acids is 1. The number of esters is 1. The van der Waals surface area contributed by atoms with Crippen molar-refractivity contribution in [3.05, 3.63) is 16.7 Å². The molecule has 0 unspecified atom stereocenters. The monoisotopic (exact) mass is 403 g/mol. The highest BCUT2D eigenvalue weighted by Crippen LogP contribution is 2.36. The van der Waals surface area contributed by atoms with Crippen molar-refractivity contribution in [2.75, 3.05) is 25.1 Å². The maximum Gasteiger partial charge on any atom is 0.341 e. The van der Waals surface area contributed by atoms with E-state index >= 15 is 0 Å². The minimum atomic E-state index is -1.18. The summed E-state index contributed by atoms with van der Waals surface area (Å²) in [6.07, 6.45) is 1.14. The van der Waals surface area contributed by atoms with Gasteiger partial charge in [-0.2, -0.15) is 10.2 Å². The summed E-state index contributed by atoms with van der Waals surface area (Å²) in [5.41, 5.74) is 0.0483. The molecule has 8 nitrogen and oxygen atoms in total. The summed E-state index contributed by atoms with van der Waals surface area (Å²) in [7, 11) is 1.36. The van der Waals surface area contributed by atoms with Gasteiger partial charge in [-0.25, -0.2) is 4.79 Å². The van der Waals surface area contributed by atoms with Crippen molar-refractivity contribution in [1.29, 1.82) is 5.26 Å². The molecule has 0 atom stereocenters. The number of ether oxygens (including phenoxy) is 2. The van der Waals surface area contributed by atoms with Gasteiger partial charge in [-0.05, 0) is 45.1 Å². The van der Waals surface area contributed by atoms with Gasteiger partial charge in [0, 0.05) is 13.1 Å². The van der Waals surface area contributed by atoms with Gasteiger partial charge in [-0.3, -0.25) is 4.79 Å². The molecule has 1 aromatic rings. The van der Waals surface area contributed by atoms with Crippen LogP contribution in [0.3, 0.4) is 0 Å². The van der Waals surface area contributed by atoms with Gasteiger partial charge < -0.3 is 19.5 Å². The van der Waals surface area contributed by atoms with Crippen molar-refractivity contribution >= 4 is 17.8 Å². The Morgan fingerprint density at radius 1 is 1.28 bits per heavy atom. The zero-order chi connectivity index (χ0) is 21.9. The fraction of sp³-hybridized carbons (Fsp3) is 0.619. The van der Waals surface area contributed by atoms with Crippen LogP contribution in [0.15, 0.2) is 0 Å². The van der Waals surface area contributed by atoms with Crippen molar-refractivity contribution in [2.24, 2.45) is 5.92 Å². The topological polar surface area (TPSA) is 113 Å². The summed E-state index contributed by atoms with van der Waals surface area (Å²) in [6.45, 7) is 10.2. The van der Waals surface area contributed by atoms with E-state index in [0.29, 0.717) is 37.3 Å². The highest BCUT2D eigenvalue weighted by Gasteiger charge is 2.33. The fourth-order valence-electron chi connectivity index (χ4n) is 3.55. The number of rotatable bonds is 5. The summed E-state index contributed by atoms with van der Waals surface area (Å²) < 4.78 is 10.7. The van der Waals surface area contributed by atoms with E-state index < -0.39 is 11.6 Å². The average Bonchev–Trinajstić information content (AvgIpc) is 2.64. The number of nitriles is 1. The van der Waals surface area contributed by atoms with Crippen molar-refractivity contribution in [1.82, 2.24) is 4.98 Å². The summed E-state index contributed by atoms with van der Waals surface area (Å²) in [4.78, 5) is 30.4. The van der Waals surface area contributed by atoms with E-state index in [2.05, 4.69) is 11.1 Å². The Kier molecular flexibility index (Phi) is 6.73. The Morgan fingerprint density at radius 2 is 1.86 bits per heavy atom. The van der Waals surface area contributed by atoms with E-state index in [1.165, 1.54) is 7.11 Å². The molecule has 0 bridgehead atoms. The minimum absolute atomic E-state index is 0.00975. The molecule has 0 radical (unpaired) electrons. The molecule has 2 rings (SSSR count). The molecule has 1 fully saturated rings. The predicted molar refractivity (Wildman–Crippen MR) is 107 cm³/mol. The van der Waals surface area contributed by atoms with Crippen LogP contribution >= 0.6 is 0 Å². The number of piperidine rings is 1. The molecule has 158 valence electrons. The number of carbonyl (C=O) groups is 2. The lowest BCUT2D eigenvalue weighted by molar-refractivity contribution is -0.160. The fourth-order valence-corrected chi connectivity index (χ4v) is 3.55. The van der Waals surface area contributed by atoms with Crippen LogP contribution in [0.2, 0.25) is 0 Å². The molecule has 0 saturated carbocycles. The van der Waals surface area contributed by atoms with E-state index in [-0.39, 0.29) is 34.8 Å². The molecular formula is C21H29N3O5.